The molecule has 1 heterocycles. The highest BCUT2D eigenvalue weighted by Crippen LogP contribution is 2.40. The molecule has 0 saturated carbocycles. The van der Waals surface area contributed by atoms with E-state index in [-0.39, 0.29) is 17.6 Å². The Morgan fingerprint density at radius 1 is 1.03 bits per heavy atom. The molecule has 6 heteroatoms. The van der Waals surface area contributed by atoms with Gasteiger partial charge in [-0.2, -0.15) is 0 Å². The standard InChI is InChI=1S/C29H36Cl2N2O2.C2H6/c1-22(19-30)26(31)15-10-18-35-25-20-33(21-25)28(2,3)16-17-29(27(32)34,23-11-6-4-7-12-23)24-13-8-5-9-14-24;1-2/h4-15,25H,16-21H2,1-3H3,(H2,32,34);1-2H3/b15-10-,26-22-;. The second kappa shape index (κ2) is 14.7. The molecule has 1 fully saturated rings. The molecule has 0 aromatic heterocycles. The van der Waals surface area contributed by atoms with E-state index in [1.165, 1.54) is 0 Å². The Balaban J connectivity index is 0.00000235. The topological polar surface area (TPSA) is 55.6 Å². The number of carbonyl (C=O) groups is 1. The molecule has 2 aromatic rings. The molecule has 0 unspecified atom stereocenters. The number of primary amides is 1. The van der Waals surface area contributed by atoms with Crippen LogP contribution in [0.3, 0.4) is 0 Å². The minimum Gasteiger partial charge on any atom is -0.371 e. The predicted octanol–water partition coefficient (Wildman–Crippen LogP) is 7.05. The second-order valence-electron chi connectivity index (χ2n) is 9.84. The van der Waals surface area contributed by atoms with Crippen LogP contribution in [0.5, 0.6) is 0 Å². The minimum atomic E-state index is -0.876. The lowest BCUT2D eigenvalue weighted by Crippen LogP contribution is -2.61. The van der Waals surface area contributed by atoms with Crippen molar-refractivity contribution in [3.63, 3.8) is 0 Å². The number of hydrogen-bond acceptors (Lipinski definition) is 3. The molecular formula is C31H42Cl2N2O2. The van der Waals surface area contributed by atoms with Crippen LogP contribution < -0.4 is 5.73 Å². The van der Waals surface area contributed by atoms with Gasteiger partial charge in [-0.3, -0.25) is 9.69 Å². The Kier molecular flexibility index (Phi) is 12.4. The number of amides is 1. The first-order valence-corrected chi connectivity index (χ1v) is 14.0. The summed E-state index contributed by atoms with van der Waals surface area (Å²) in [4.78, 5) is 15.5. The van der Waals surface area contributed by atoms with Gasteiger partial charge in [-0.05, 0) is 56.4 Å². The third-order valence-corrected chi connectivity index (χ3v) is 7.92. The smallest absolute Gasteiger partial charge is 0.232 e. The average Bonchev–Trinajstić information content (AvgIpc) is 2.89. The molecule has 0 bridgehead atoms. The summed E-state index contributed by atoms with van der Waals surface area (Å²) in [7, 11) is 0. The van der Waals surface area contributed by atoms with Crippen molar-refractivity contribution in [1.82, 2.24) is 4.90 Å². The second-order valence-corrected chi connectivity index (χ2v) is 10.5. The number of benzene rings is 2. The normalized spacial score (nSPS) is 15.5. The largest absolute Gasteiger partial charge is 0.371 e. The Morgan fingerprint density at radius 3 is 2.00 bits per heavy atom. The maximum absolute atomic E-state index is 13.1. The quantitative estimate of drug-likeness (QED) is 0.230. The molecule has 2 aromatic carbocycles. The van der Waals surface area contributed by atoms with E-state index in [2.05, 4.69) is 18.7 Å². The van der Waals surface area contributed by atoms with E-state index < -0.39 is 5.41 Å². The van der Waals surface area contributed by atoms with Crippen molar-refractivity contribution in [3.8, 4) is 0 Å². The first-order valence-electron chi connectivity index (χ1n) is 13.1. The van der Waals surface area contributed by atoms with Crippen molar-refractivity contribution in [2.24, 2.45) is 5.73 Å². The van der Waals surface area contributed by atoms with E-state index in [9.17, 15) is 4.79 Å². The Morgan fingerprint density at radius 2 is 1.54 bits per heavy atom. The lowest BCUT2D eigenvalue weighted by atomic mass is 9.69. The number of nitrogens with zero attached hydrogens (tertiary/aromatic N) is 1. The Labute approximate surface area is 233 Å². The van der Waals surface area contributed by atoms with E-state index >= 15 is 0 Å². The minimum absolute atomic E-state index is 0.108. The van der Waals surface area contributed by atoms with Gasteiger partial charge in [0.15, 0.2) is 0 Å². The molecule has 1 aliphatic heterocycles. The van der Waals surface area contributed by atoms with Crippen LogP contribution >= 0.6 is 23.2 Å². The van der Waals surface area contributed by atoms with E-state index in [4.69, 9.17) is 33.7 Å². The molecule has 0 aliphatic carbocycles. The number of rotatable bonds is 12. The van der Waals surface area contributed by atoms with Gasteiger partial charge in [0, 0.05) is 29.5 Å². The molecule has 0 spiro atoms. The van der Waals surface area contributed by atoms with E-state index in [0.717, 1.165) is 36.2 Å². The third-order valence-electron chi connectivity index (χ3n) is 7.07. The fourth-order valence-corrected chi connectivity index (χ4v) is 4.92. The van der Waals surface area contributed by atoms with Gasteiger partial charge in [-0.15, -0.1) is 11.6 Å². The zero-order valence-electron chi connectivity index (χ0n) is 22.8. The van der Waals surface area contributed by atoms with Gasteiger partial charge in [-0.25, -0.2) is 0 Å². The number of hydrogen-bond donors (Lipinski definition) is 1. The monoisotopic (exact) mass is 544 g/mol. The molecular weight excluding hydrogens is 503 g/mol. The van der Waals surface area contributed by atoms with Crippen LogP contribution in [0.2, 0.25) is 0 Å². The molecule has 2 N–H and O–H groups in total. The molecule has 202 valence electrons. The summed E-state index contributed by atoms with van der Waals surface area (Å²) in [5, 5.41) is 0.662. The van der Waals surface area contributed by atoms with Crippen LogP contribution in [0.15, 0.2) is 83.4 Å². The average molecular weight is 546 g/mol. The molecule has 4 nitrogen and oxygen atoms in total. The fraction of sp³-hybridized carbons (Fsp3) is 0.452. The summed E-state index contributed by atoms with van der Waals surface area (Å²) in [6.07, 6.45) is 5.38. The van der Waals surface area contributed by atoms with Crippen LogP contribution in [0.25, 0.3) is 0 Å². The number of allylic oxidation sites excluding steroid dienone is 3. The van der Waals surface area contributed by atoms with Gasteiger partial charge in [0.25, 0.3) is 0 Å². The van der Waals surface area contributed by atoms with Crippen molar-refractivity contribution in [2.45, 2.75) is 64.5 Å². The molecule has 3 rings (SSSR count). The van der Waals surface area contributed by atoms with Crippen molar-refractivity contribution < 1.29 is 9.53 Å². The van der Waals surface area contributed by atoms with Gasteiger partial charge >= 0.3 is 0 Å². The van der Waals surface area contributed by atoms with E-state index in [0.29, 0.717) is 23.9 Å². The van der Waals surface area contributed by atoms with Gasteiger partial charge in [0.05, 0.1) is 18.1 Å². The molecule has 1 amide bonds. The summed E-state index contributed by atoms with van der Waals surface area (Å²) in [5.41, 5.74) is 7.95. The Hall–Kier alpha value is -2.11. The maximum Gasteiger partial charge on any atom is 0.232 e. The van der Waals surface area contributed by atoms with Crippen LogP contribution in [0, 0.1) is 0 Å². The van der Waals surface area contributed by atoms with Crippen molar-refractivity contribution in [1.29, 1.82) is 0 Å². The zero-order valence-corrected chi connectivity index (χ0v) is 24.4. The lowest BCUT2D eigenvalue weighted by molar-refractivity contribution is -0.123. The number of carbonyl (C=O) groups excluding carboxylic acids is 1. The Bertz CT molecular complexity index is 990. The predicted molar refractivity (Wildman–Crippen MR) is 157 cm³/mol. The zero-order chi connectivity index (χ0) is 27.5. The highest BCUT2D eigenvalue weighted by molar-refractivity contribution is 6.32. The molecule has 1 aliphatic rings. The summed E-state index contributed by atoms with van der Waals surface area (Å²) >= 11 is 12.0. The van der Waals surface area contributed by atoms with Gasteiger partial charge < -0.3 is 10.5 Å². The van der Waals surface area contributed by atoms with Crippen LogP contribution in [-0.4, -0.2) is 48.0 Å². The highest BCUT2D eigenvalue weighted by atomic mass is 35.5. The summed E-state index contributed by atoms with van der Waals surface area (Å²) in [6.45, 7) is 12.6. The molecule has 0 atom stereocenters. The number of halogens is 2. The maximum atomic E-state index is 13.1. The van der Waals surface area contributed by atoms with Gasteiger partial charge in [0.1, 0.15) is 0 Å². The first-order chi connectivity index (χ1) is 17.7. The van der Waals surface area contributed by atoms with Gasteiger partial charge in [-0.1, -0.05) is 92.2 Å². The number of nitrogens with two attached hydrogens (primary N) is 1. The van der Waals surface area contributed by atoms with Crippen LogP contribution in [0.4, 0.5) is 0 Å². The third kappa shape index (κ3) is 7.94. The SMILES string of the molecule is C/C(CCl)=C(Cl)\C=C/COC1CN(C(C)(C)CCC(C(N)=O)(c2ccccc2)c2ccccc2)C1.CC. The van der Waals surface area contributed by atoms with Crippen LogP contribution in [0.1, 0.15) is 58.6 Å². The summed E-state index contributed by atoms with van der Waals surface area (Å²) in [6, 6.07) is 19.8. The van der Waals surface area contributed by atoms with Crippen LogP contribution in [-0.2, 0) is 14.9 Å². The van der Waals surface area contributed by atoms with Crippen molar-refractivity contribution >= 4 is 29.1 Å². The molecule has 0 radical (unpaired) electrons. The van der Waals surface area contributed by atoms with E-state index in [1.54, 1.807) is 0 Å². The number of ether oxygens (including phenoxy) is 1. The summed E-state index contributed by atoms with van der Waals surface area (Å²) < 4.78 is 5.97. The highest BCUT2D eigenvalue weighted by Gasteiger charge is 2.44. The van der Waals surface area contributed by atoms with Crippen molar-refractivity contribution in [3.05, 3.63) is 94.5 Å². The van der Waals surface area contributed by atoms with Gasteiger partial charge in [0.2, 0.25) is 5.91 Å². The first kappa shape index (κ1) is 31.1. The number of likely N-dealkylation sites (tertiary alicyclic amines) is 1. The van der Waals surface area contributed by atoms with E-state index in [1.807, 2.05) is 93.6 Å². The fourth-order valence-electron chi connectivity index (χ4n) is 4.55. The lowest BCUT2D eigenvalue weighted by Gasteiger charge is -2.50. The number of alkyl halides is 1. The van der Waals surface area contributed by atoms with Crippen molar-refractivity contribution in [2.75, 3.05) is 25.6 Å². The molecule has 37 heavy (non-hydrogen) atoms. The molecule has 1 saturated heterocycles. The summed E-state index contributed by atoms with van der Waals surface area (Å²) in [5.74, 6) is 0.0989.